The molecule has 18 heavy (non-hydrogen) atoms. The molecule has 2 rings (SSSR count). The molecule has 0 unspecified atom stereocenters. The van der Waals surface area contributed by atoms with E-state index in [0.717, 1.165) is 4.47 Å². The second kappa shape index (κ2) is 4.30. The van der Waals surface area contributed by atoms with Crippen LogP contribution >= 0.6 is 15.9 Å². The first-order chi connectivity index (χ1) is 8.43. The number of phenols is 5. The minimum absolute atomic E-state index is 0.157. The number of hydrogen-bond acceptors (Lipinski definition) is 5. The summed E-state index contributed by atoms with van der Waals surface area (Å²) in [6.07, 6.45) is 0. The van der Waals surface area contributed by atoms with E-state index in [0.29, 0.717) is 5.56 Å². The largest absolute Gasteiger partial charge is 0.504 e. The maximum absolute atomic E-state index is 9.71. The van der Waals surface area contributed by atoms with Gasteiger partial charge < -0.3 is 25.5 Å². The Balaban J connectivity index is 2.75. The molecule has 0 fully saturated rings. The molecule has 0 saturated carbocycles. The maximum Gasteiger partial charge on any atom is 0.208 e. The van der Waals surface area contributed by atoms with Gasteiger partial charge in [0.2, 0.25) is 17.2 Å². The van der Waals surface area contributed by atoms with Crippen LogP contribution in [0, 0.1) is 0 Å². The van der Waals surface area contributed by atoms with E-state index in [4.69, 9.17) is 0 Å². The average molecular weight is 313 g/mol. The third kappa shape index (κ3) is 1.80. The van der Waals surface area contributed by atoms with Crippen molar-refractivity contribution in [2.75, 3.05) is 0 Å². The number of hydrogen-bond donors (Lipinski definition) is 5. The highest BCUT2D eigenvalue weighted by Gasteiger charge is 2.23. The van der Waals surface area contributed by atoms with E-state index in [1.54, 1.807) is 24.3 Å². The van der Waals surface area contributed by atoms with Gasteiger partial charge in [-0.05, 0) is 17.7 Å². The lowest BCUT2D eigenvalue weighted by molar-refractivity contribution is 0.330. The van der Waals surface area contributed by atoms with E-state index in [-0.39, 0.29) is 5.56 Å². The van der Waals surface area contributed by atoms with Crippen molar-refractivity contribution in [2.45, 2.75) is 0 Å². The Labute approximate surface area is 110 Å². The number of rotatable bonds is 1. The number of aromatic hydroxyl groups is 5. The summed E-state index contributed by atoms with van der Waals surface area (Å²) in [5, 5.41) is 47.5. The first-order valence-corrected chi connectivity index (χ1v) is 5.67. The first-order valence-electron chi connectivity index (χ1n) is 4.88. The van der Waals surface area contributed by atoms with Crippen LogP contribution in [0.25, 0.3) is 11.1 Å². The monoisotopic (exact) mass is 312 g/mol. The van der Waals surface area contributed by atoms with Gasteiger partial charge >= 0.3 is 0 Å². The molecule has 0 bridgehead atoms. The summed E-state index contributed by atoms with van der Waals surface area (Å²) in [5.74, 6) is -4.15. The second-order valence-corrected chi connectivity index (χ2v) is 4.54. The van der Waals surface area contributed by atoms with Gasteiger partial charge in [-0.25, -0.2) is 0 Å². The lowest BCUT2D eigenvalue weighted by Crippen LogP contribution is -1.84. The lowest BCUT2D eigenvalue weighted by Gasteiger charge is -2.12. The van der Waals surface area contributed by atoms with Gasteiger partial charge in [0, 0.05) is 4.47 Å². The number of phenolic OH excluding ortho intramolecular Hbond substituents is 5. The van der Waals surface area contributed by atoms with Crippen LogP contribution in [0.15, 0.2) is 28.7 Å². The molecular weight excluding hydrogens is 304 g/mol. The third-order valence-electron chi connectivity index (χ3n) is 2.50. The zero-order valence-corrected chi connectivity index (χ0v) is 10.5. The van der Waals surface area contributed by atoms with Crippen LogP contribution in [-0.4, -0.2) is 25.5 Å². The predicted molar refractivity (Wildman–Crippen MR) is 67.9 cm³/mol. The highest BCUT2D eigenvalue weighted by atomic mass is 79.9. The fourth-order valence-corrected chi connectivity index (χ4v) is 1.84. The molecule has 0 saturated heterocycles. The van der Waals surface area contributed by atoms with Crippen LogP contribution in [0.5, 0.6) is 28.7 Å². The van der Waals surface area contributed by atoms with Crippen molar-refractivity contribution >= 4 is 15.9 Å². The van der Waals surface area contributed by atoms with Crippen LogP contribution in [0.1, 0.15) is 0 Å². The molecule has 5 N–H and O–H groups in total. The van der Waals surface area contributed by atoms with Crippen molar-refractivity contribution in [1.29, 1.82) is 0 Å². The molecule has 6 heteroatoms. The van der Waals surface area contributed by atoms with Crippen molar-refractivity contribution in [2.24, 2.45) is 0 Å². The summed E-state index contributed by atoms with van der Waals surface area (Å²) in [6.45, 7) is 0. The normalized spacial score (nSPS) is 10.5. The average Bonchev–Trinajstić information content (AvgIpc) is 2.36. The van der Waals surface area contributed by atoms with Crippen molar-refractivity contribution < 1.29 is 25.5 Å². The molecule has 0 amide bonds. The molecule has 0 heterocycles. The topological polar surface area (TPSA) is 101 Å². The van der Waals surface area contributed by atoms with Crippen LogP contribution in [-0.2, 0) is 0 Å². The van der Waals surface area contributed by atoms with E-state index >= 15 is 0 Å². The molecule has 0 aliphatic rings. The molecular formula is C12H9BrO5. The van der Waals surface area contributed by atoms with Crippen LogP contribution in [0.2, 0.25) is 0 Å². The summed E-state index contributed by atoms with van der Waals surface area (Å²) in [7, 11) is 0. The molecule has 5 nitrogen and oxygen atoms in total. The maximum atomic E-state index is 9.71. The smallest absolute Gasteiger partial charge is 0.208 e. The van der Waals surface area contributed by atoms with Crippen molar-refractivity contribution in [3.63, 3.8) is 0 Å². The molecule has 0 aliphatic carbocycles. The van der Waals surface area contributed by atoms with Crippen molar-refractivity contribution in [1.82, 2.24) is 0 Å². The Morgan fingerprint density at radius 2 is 1.00 bits per heavy atom. The molecule has 94 valence electrons. The predicted octanol–water partition coefficient (Wildman–Crippen LogP) is 2.64. The van der Waals surface area contributed by atoms with Gasteiger partial charge in [-0.3, -0.25) is 0 Å². The highest BCUT2D eigenvalue weighted by molar-refractivity contribution is 9.10. The lowest BCUT2D eigenvalue weighted by atomic mass is 10.0. The van der Waals surface area contributed by atoms with Gasteiger partial charge in [0.05, 0.1) is 5.56 Å². The van der Waals surface area contributed by atoms with Gasteiger partial charge in [-0.2, -0.15) is 0 Å². The standard InChI is InChI=1S/C12H9BrO5/c13-6-3-1-5(2-4-6)7-8(14)10(16)12(18)11(17)9(7)15/h1-4,14-18H. The Morgan fingerprint density at radius 1 is 0.611 bits per heavy atom. The summed E-state index contributed by atoms with van der Waals surface area (Å²) >= 11 is 3.23. The zero-order chi connectivity index (χ0) is 13.4. The third-order valence-corrected chi connectivity index (χ3v) is 3.03. The summed E-state index contributed by atoms with van der Waals surface area (Å²) in [6, 6.07) is 6.45. The molecule has 2 aromatic rings. The summed E-state index contributed by atoms with van der Waals surface area (Å²) in [5.41, 5.74) is 0.217. The van der Waals surface area contributed by atoms with Crippen molar-refractivity contribution in [3.05, 3.63) is 28.7 Å². The summed E-state index contributed by atoms with van der Waals surface area (Å²) in [4.78, 5) is 0. The van der Waals surface area contributed by atoms with Gasteiger partial charge in [-0.1, -0.05) is 28.1 Å². The van der Waals surface area contributed by atoms with E-state index in [1.165, 1.54) is 0 Å². The van der Waals surface area contributed by atoms with E-state index in [1.807, 2.05) is 0 Å². The van der Waals surface area contributed by atoms with E-state index in [9.17, 15) is 25.5 Å². The Hall–Kier alpha value is -2.08. The minimum atomic E-state index is -0.967. The molecule has 0 radical (unpaired) electrons. The van der Waals surface area contributed by atoms with Crippen LogP contribution < -0.4 is 0 Å². The minimum Gasteiger partial charge on any atom is -0.504 e. The van der Waals surface area contributed by atoms with Crippen molar-refractivity contribution in [3.8, 4) is 39.9 Å². The Bertz CT molecular complexity index is 578. The Kier molecular flexibility index (Phi) is 2.96. The molecule has 0 spiro atoms. The molecule has 0 aromatic heterocycles. The van der Waals surface area contributed by atoms with Gasteiger partial charge in [0.15, 0.2) is 11.5 Å². The van der Waals surface area contributed by atoms with E-state index in [2.05, 4.69) is 15.9 Å². The first kappa shape index (κ1) is 12.4. The molecule has 0 aliphatic heterocycles. The van der Waals surface area contributed by atoms with Crippen LogP contribution in [0.4, 0.5) is 0 Å². The fraction of sp³-hybridized carbons (Fsp3) is 0. The SMILES string of the molecule is Oc1c(O)c(O)c(-c2ccc(Br)cc2)c(O)c1O. The van der Waals surface area contributed by atoms with Gasteiger partial charge in [0.25, 0.3) is 0 Å². The quantitative estimate of drug-likeness (QED) is 0.411. The molecule has 2 aromatic carbocycles. The van der Waals surface area contributed by atoms with Crippen LogP contribution in [0.3, 0.4) is 0 Å². The highest BCUT2D eigenvalue weighted by Crippen LogP contribution is 2.54. The van der Waals surface area contributed by atoms with Gasteiger partial charge in [0.1, 0.15) is 0 Å². The number of halogens is 1. The van der Waals surface area contributed by atoms with Gasteiger partial charge in [-0.15, -0.1) is 0 Å². The zero-order valence-electron chi connectivity index (χ0n) is 8.92. The summed E-state index contributed by atoms with van der Waals surface area (Å²) < 4.78 is 0.789. The fourth-order valence-electron chi connectivity index (χ4n) is 1.58. The second-order valence-electron chi connectivity index (χ2n) is 3.62. The van der Waals surface area contributed by atoms with E-state index < -0.39 is 28.7 Å². The number of benzene rings is 2. The molecule has 0 atom stereocenters. The Morgan fingerprint density at radius 3 is 1.44 bits per heavy atom.